The van der Waals surface area contributed by atoms with Gasteiger partial charge in [-0.25, -0.2) is 0 Å². The molecule has 0 aromatic rings. The summed E-state index contributed by atoms with van der Waals surface area (Å²) in [5.74, 6) is -0.884. The summed E-state index contributed by atoms with van der Waals surface area (Å²) in [5, 5.41) is 8.31. The zero-order valence-electron chi connectivity index (χ0n) is 4.72. The number of hydrogen-bond acceptors (Lipinski definition) is 1. The molecule has 0 saturated heterocycles. The molecule has 0 fully saturated rings. The number of allylic oxidation sites excluding steroid dienone is 1. The maximum absolute atomic E-state index is 10.1. The van der Waals surface area contributed by atoms with Gasteiger partial charge in [0.1, 0.15) is 0 Å². The van der Waals surface area contributed by atoms with Crippen LogP contribution >= 0.6 is 0 Å². The Balaban J connectivity index is 2.48. The van der Waals surface area contributed by atoms with Crippen LogP contribution in [-0.4, -0.2) is 11.1 Å². The van der Waals surface area contributed by atoms with Gasteiger partial charge in [0.25, 0.3) is 0 Å². The predicted molar refractivity (Wildman–Crippen MR) is 29.5 cm³/mol. The van der Waals surface area contributed by atoms with Crippen LogP contribution in [0.3, 0.4) is 0 Å². The lowest BCUT2D eigenvalue weighted by molar-refractivity contribution is -0.140. The first-order valence-electron chi connectivity index (χ1n) is 2.60. The van der Waals surface area contributed by atoms with Crippen molar-refractivity contribution < 1.29 is 9.90 Å². The fraction of sp³-hybridized carbons (Fsp3) is 0.500. The fourth-order valence-corrected chi connectivity index (χ4v) is 0.815. The molecule has 0 saturated carbocycles. The minimum atomic E-state index is -0.699. The summed E-state index contributed by atoms with van der Waals surface area (Å²) in [4.78, 5) is 10.1. The Labute approximate surface area is 47.8 Å². The minimum absolute atomic E-state index is 0.185. The average Bonchev–Trinajstić information content (AvgIpc) is 1.57. The second kappa shape index (κ2) is 1.62. The maximum Gasteiger partial charge on any atom is 0.310 e. The normalized spacial score (nSPS) is 26.1. The summed E-state index contributed by atoms with van der Waals surface area (Å²) in [7, 11) is 0. The lowest BCUT2D eigenvalue weighted by atomic mass is 9.88. The van der Waals surface area contributed by atoms with E-state index in [4.69, 9.17) is 5.11 Å². The molecule has 1 atom stereocenters. The van der Waals surface area contributed by atoms with E-state index in [-0.39, 0.29) is 5.92 Å². The highest BCUT2D eigenvalue weighted by atomic mass is 16.4. The van der Waals surface area contributed by atoms with Crippen LogP contribution in [0.1, 0.15) is 13.3 Å². The van der Waals surface area contributed by atoms with Crippen LogP contribution in [-0.2, 0) is 4.79 Å². The average molecular weight is 112 g/mol. The smallest absolute Gasteiger partial charge is 0.310 e. The van der Waals surface area contributed by atoms with Gasteiger partial charge < -0.3 is 5.11 Å². The van der Waals surface area contributed by atoms with Crippen LogP contribution in [0.4, 0.5) is 0 Å². The van der Waals surface area contributed by atoms with Crippen molar-refractivity contribution in [3.8, 4) is 0 Å². The molecule has 0 heterocycles. The summed E-state index contributed by atoms with van der Waals surface area (Å²) >= 11 is 0. The minimum Gasteiger partial charge on any atom is -0.481 e. The largest absolute Gasteiger partial charge is 0.481 e. The molecule has 1 aliphatic rings. The molecule has 0 spiro atoms. The third kappa shape index (κ3) is 0.735. The van der Waals surface area contributed by atoms with Gasteiger partial charge in [0.15, 0.2) is 0 Å². The topological polar surface area (TPSA) is 37.3 Å². The van der Waals surface area contributed by atoms with Crippen molar-refractivity contribution >= 4 is 5.97 Å². The molecule has 0 amide bonds. The van der Waals surface area contributed by atoms with Gasteiger partial charge in [-0.3, -0.25) is 4.79 Å². The molecule has 1 rings (SSSR count). The van der Waals surface area contributed by atoms with Crippen molar-refractivity contribution in [3.05, 3.63) is 11.6 Å². The fourth-order valence-electron chi connectivity index (χ4n) is 0.815. The van der Waals surface area contributed by atoms with E-state index in [1.807, 2.05) is 6.92 Å². The zero-order chi connectivity index (χ0) is 6.15. The Morgan fingerprint density at radius 3 is 2.62 bits per heavy atom. The van der Waals surface area contributed by atoms with E-state index in [0.717, 1.165) is 6.42 Å². The summed E-state index contributed by atoms with van der Waals surface area (Å²) in [6, 6.07) is 0. The van der Waals surface area contributed by atoms with E-state index >= 15 is 0 Å². The van der Waals surface area contributed by atoms with Gasteiger partial charge in [-0.15, -0.1) is 0 Å². The van der Waals surface area contributed by atoms with E-state index in [1.165, 1.54) is 5.57 Å². The van der Waals surface area contributed by atoms with Gasteiger partial charge in [-0.1, -0.05) is 11.6 Å². The van der Waals surface area contributed by atoms with E-state index in [9.17, 15) is 4.79 Å². The summed E-state index contributed by atoms with van der Waals surface area (Å²) < 4.78 is 0. The lowest BCUT2D eigenvalue weighted by Crippen LogP contribution is -2.18. The SMILES string of the molecule is CC1=CC(C(=O)O)C1. The molecule has 0 aliphatic heterocycles. The van der Waals surface area contributed by atoms with Crippen LogP contribution < -0.4 is 0 Å². The van der Waals surface area contributed by atoms with Crippen molar-refractivity contribution in [2.24, 2.45) is 5.92 Å². The molecule has 0 radical (unpaired) electrons. The lowest BCUT2D eigenvalue weighted by Gasteiger charge is -2.17. The van der Waals surface area contributed by atoms with E-state index in [2.05, 4.69) is 0 Å². The molecule has 0 bridgehead atoms. The quantitative estimate of drug-likeness (QED) is 0.514. The number of carboxylic acids is 1. The molecule has 2 nitrogen and oxygen atoms in total. The van der Waals surface area contributed by atoms with Crippen molar-refractivity contribution in [2.75, 3.05) is 0 Å². The highest BCUT2D eigenvalue weighted by molar-refractivity contribution is 5.74. The van der Waals surface area contributed by atoms with E-state index in [0.29, 0.717) is 0 Å². The summed E-state index contributed by atoms with van der Waals surface area (Å²) in [6.07, 6.45) is 2.53. The second-order valence-electron chi connectivity index (χ2n) is 2.16. The van der Waals surface area contributed by atoms with Gasteiger partial charge in [0.2, 0.25) is 0 Å². The number of carboxylic acid groups (broad SMARTS) is 1. The van der Waals surface area contributed by atoms with Crippen LogP contribution in [0.15, 0.2) is 11.6 Å². The second-order valence-corrected chi connectivity index (χ2v) is 2.16. The Morgan fingerprint density at radius 2 is 2.50 bits per heavy atom. The van der Waals surface area contributed by atoms with Crippen LogP contribution in [0.5, 0.6) is 0 Å². The first kappa shape index (κ1) is 5.35. The molecule has 44 valence electrons. The highest BCUT2D eigenvalue weighted by Gasteiger charge is 2.21. The van der Waals surface area contributed by atoms with Gasteiger partial charge >= 0.3 is 5.97 Å². The van der Waals surface area contributed by atoms with Gasteiger partial charge in [-0.05, 0) is 13.3 Å². The Kier molecular flexibility index (Phi) is 1.08. The standard InChI is InChI=1S/C6H8O2/c1-4-2-5(3-4)6(7)8/h2,5H,3H2,1H3,(H,7,8). The molecule has 0 aromatic carbocycles. The monoisotopic (exact) mass is 112 g/mol. The van der Waals surface area contributed by atoms with Crippen LogP contribution in [0.25, 0.3) is 0 Å². The van der Waals surface area contributed by atoms with Gasteiger partial charge in [0.05, 0.1) is 5.92 Å². The third-order valence-electron chi connectivity index (χ3n) is 1.34. The Bertz CT molecular complexity index is 147. The van der Waals surface area contributed by atoms with E-state index < -0.39 is 5.97 Å². The number of rotatable bonds is 1. The highest BCUT2D eigenvalue weighted by Crippen LogP contribution is 2.24. The maximum atomic E-state index is 10.1. The number of carbonyl (C=O) groups is 1. The molecular weight excluding hydrogens is 104 g/mol. The molecular formula is C6H8O2. The molecule has 1 aliphatic carbocycles. The van der Waals surface area contributed by atoms with Crippen LogP contribution in [0, 0.1) is 5.92 Å². The van der Waals surface area contributed by atoms with Gasteiger partial charge in [0, 0.05) is 0 Å². The molecule has 2 heteroatoms. The summed E-state index contributed by atoms with van der Waals surface area (Å²) in [5.41, 5.74) is 1.19. The predicted octanol–water partition coefficient (Wildman–Crippen LogP) is 1.04. The van der Waals surface area contributed by atoms with Crippen molar-refractivity contribution in [3.63, 3.8) is 0 Å². The molecule has 0 aromatic heterocycles. The van der Waals surface area contributed by atoms with Gasteiger partial charge in [-0.2, -0.15) is 0 Å². The molecule has 1 N–H and O–H groups in total. The number of hydrogen-bond donors (Lipinski definition) is 1. The number of aliphatic carboxylic acids is 1. The first-order valence-corrected chi connectivity index (χ1v) is 2.60. The first-order chi connectivity index (χ1) is 3.70. The Hall–Kier alpha value is -0.790. The van der Waals surface area contributed by atoms with E-state index in [1.54, 1.807) is 6.08 Å². The van der Waals surface area contributed by atoms with Crippen LogP contribution in [0.2, 0.25) is 0 Å². The third-order valence-corrected chi connectivity index (χ3v) is 1.34. The van der Waals surface area contributed by atoms with Crippen molar-refractivity contribution in [1.82, 2.24) is 0 Å². The molecule has 8 heavy (non-hydrogen) atoms. The van der Waals surface area contributed by atoms with Crippen molar-refractivity contribution in [2.45, 2.75) is 13.3 Å². The Morgan fingerprint density at radius 1 is 2.00 bits per heavy atom. The molecule has 1 unspecified atom stereocenters. The summed E-state index contributed by atoms with van der Waals surface area (Å²) in [6.45, 7) is 1.94. The zero-order valence-corrected chi connectivity index (χ0v) is 4.72. The van der Waals surface area contributed by atoms with Crippen molar-refractivity contribution in [1.29, 1.82) is 0 Å².